The number of aryl methyl sites for hydroxylation is 4. The van der Waals surface area contributed by atoms with E-state index >= 15 is 0 Å². The summed E-state index contributed by atoms with van der Waals surface area (Å²) in [5.41, 5.74) is 7.93. The Kier molecular flexibility index (Phi) is 10.3. The number of nitrogens with one attached hydrogen (secondary N) is 2. The zero-order chi connectivity index (χ0) is 43.5. The van der Waals surface area contributed by atoms with Gasteiger partial charge in [-0.05, 0) is 114 Å². The second kappa shape index (κ2) is 15.7. The van der Waals surface area contributed by atoms with Gasteiger partial charge in [-0.2, -0.15) is 9.97 Å². The number of aliphatic hydroxyl groups is 2. The molecule has 4 N–H and O–H groups in total. The van der Waals surface area contributed by atoms with Crippen molar-refractivity contribution in [2.75, 3.05) is 10.6 Å². The highest BCUT2D eigenvalue weighted by Gasteiger charge is 2.33. The Bertz CT molecular complexity index is 2900. The highest BCUT2D eigenvalue weighted by Crippen LogP contribution is 2.37. The molecule has 0 bridgehead atoms. The number of nitrogens with zero attached hydrogens (tertiary/aromatic N) is 12. The summed E-state index contributed by atoms with van der Waals surface area (Å²) in [4.78, 5) is 61.6. The van der Waals surface area contributed by atoms with Crippen molar-refractivity contribution in [1.29, 1.82) is 0 Å². The Morgan fingerprint density at radius 2 is 0.903 bits per heavy atom. The number of anilines is 4. The number of aromatic nitrogens is 12. The largest absolute Gasteiger partial charge is 0.390 e. The van der Waals surface area contributed by atoms with E-state index in [1.165, 1.54) is 0 Å². The predicted molar refractivity (Wildman–Crippen MR) is 237 cm³/mol. The molecule has 18 nitrogen and oxygen atoms in total. The van der Waals surface area contributed by atoms with Gasteiger partial charge in [0.15, 0.2) is 11.3 Å². The molecule has 2 aromatic carbocycles. The lowest BCUT2D eigenvalue weighted by molar-refractivity contribution is 0.00951. The van der Waals surface area contributed by atoms with E-state index in [0.717, 1.165) is 70.3 Å². The second-order valence-electron chi connectivity index (χ2n) is 17.4. The van der Waals surface area contributed by atoms with Crippen molar-refractivity contribution in [3.8, 4) is 0 Å². The number of fused-ring (bicyclic) bond motifs is 4. The fourth-order valence-corrected chi connectivity index (χ4v) is 8.76. The Hall–Kier alpha value is -6.66. The third-order valence-electron chi connectivity index (χ3n) is 12.6. The SMILES string of the molecule is Cc1cc2nccnc2cc1Nc1ncc2c(n1)n(C1CCC(C)(O)CC1)c(=O)n2C.Cc1cc2nccnc2cc1Nc1ncc2c(n1)n(C1CCC(C)(O)CC1)c(=O)n2C. The van der Waals surface area contributed by atoms with Crippen LogP contribution in [0.4, 0.5) is 23.3 Å². The van der Waals surface area contributed by atoms with E-state index < -0.39 is 11.2 Å². The third-order valence-corrected chi connectivity index (χ3v) is 12.6. The van der Waals surface area contributed by atoms with Crippen molar-refractivity contribution in [1.82, 2.24) is 58.1 Å². The number of imidazole rings is 2. The van der Waals surface area contributed by atoms with Gasteiger partial charge in [0.05, 0.1) is 45.7 Å². The smallest absolute Gasteiger partial charge is 0.330 e. The first-order chi connectivity index (χ1) is 29.6. The summed E-state index contributed by atoms with van der Waals surface area (Å²) in [6.45, 7) is 7.69. The molecule has 0 spiro atoms. The third kappa shape index (κ3) is 7.75. The van der Waals surface area contributed by atoms with Gasteiger partial charge < -0.3 is 20.8 Å². The Morgan fingerprint density at radius 3 is 1.26 bits per heavy atom. The number of hydrogen-bond donors (Lipinski definition) is 4. The van der Waals surface area contributed by atoms with Crippen LogP contribution in [-0.4, -0.2) is 79.6 Å². The molecule has 2 aliphatic rings. The summed E-state index contributed by atoms with van der Waals surface area (Å²) in [6.07, 6.45) is 15.6. The quantitative estimate of drug-likeness (QED) is 0.151. The van der Waals surface area contributed by atoms with Gasteiger partial charge in [-0.25, -0.2) is 19.6 Å². The molecule has 18 heteroatoms. The fraction of sp³-hybridized carbons (Fsp3) is 0.409. The molecule has 62 heavy (non-hydrogen) atoms. The normalized spacial score (nSPS) is 21.6. The lowest BCUT2D eigenvalue weighted by Crippen LogP contribution is -2.35. The highest BCUT2D eigenvalue weighted by atomic mass is 16.3. The summed E-state index contributed by atoms with van der Waals surface area (Å²) in [5.74, 6) is 0.835. The molecule has 0 radical (unpaired) electrons. The van der Waals surface area contributed by atoms with E-state index in [-0.39, 0.29) is 23.5 Å². The average Bonchev–Trinajstić information content (AvgIpc) is 3.64. The van der Waals surface area contributed by atoms with Gasteiger partial charge in [0.2, 0.25) is 11.9 Å². The molecule has 0 atom stereocenters. The molecule has 0 saturated heterocycles. The lowest BCUT2D eigenvalue weighted by atomic mass is 9.83. The Morgan fingerprint density at radius 1 is 0.565 bits per heavy atom. The van der Waals surface area contributed by atoms with Gasteiger partial charge in [-0.1, -0.05) is 0 Å². The maximum Gasteiger partial charge on any atom is 0.330 e. The predicted octanol–water partition coefficient (Wildman–Crippen LogP) is 5.98. The van der Waals surface area contributed by atoms with E-state index in [1.807, 2.05) is 52.0 Å². The zero-order valence-electron chi connectivity index (χ0n) is 35.7. The van der Waals surface area contributed by atoms with Crippen molar-refractivity contribution in [2.45, 2.75) is 102 Å². The molecule has 6 heterocycles. The molecule has 0 aliphatic heterocycles. The van der Waals surface area contributed by atoms with E-state index in [9.17, 15) is 19.8 Å². The van der Waals surface area contributed by atoms with Crippen LogP contribution in [0.5, 0.6) is 0 Å². The molecule has 6 aromatic heterocycles. The van der Waals surface area contributed by atoms with Gasteiger partial charge in [0, 0.05) is 62.3 Å². The zero-order valence-corrected chi connectivity index (χ0v) is 35.7. The van der Waals surface area contributed by atoms with Crippen molar-refractivity contribution in [3.63, 3.8) is 0 Å². The van der Waals surface area contributed by atoms with Crippen molar-refractivity contribution in [2.24, 2.45) is 14.1 Å². The molecule has 2 saturated carbocycles. The maximum absolute atomic E-state index is 13.0. The topological polar surface area (TPSA) is 222 Å². The van der Waals surface area contributed by atoms with Crippen LogP contribution in [-0.2, 0) is 14.1 Å². The van der Waals surface area contributed by atoms with Crippen LogP contribution in [0.1, 0.15) is 88.4 Å². The van der Waals surface area contributed by atoms with Gasteiger partial charge in [0.1, 0.15) is 11.0 Å². The number of hydrogen-bond acceptors (Lipinski definition) is 14. The molecular formula is C44H50N14O4. The monoisotopic (exact) mass is 838 g/mol. The van der Waals surface area contributed by atoms with E-state index in [4.69, 9.17) is 9.97 Å². The summed E-state index contributed by atoms with van der Waals surface area (Å²) in [6, 6.07) is 7.80. The Balaban J connectivity index is 0.000000158. The fourth-order valence-electron chi connectivity index (χ4n) is 8.76. The molecule has 320 valence electrons. The van der Waals surface area contributed by atoms with Gasteiger partial charge in [0.25, 0.3) is 0 Å². The Labute approximate surface area is 355 Å². The standard InChI is InChI=1S/2C22H25N7O2/c2*1-13-10-16-17(24-9-8-23-16)11-15(13)26-20-25-12-18-19(27-20)29(21(30)28(18)3)14-4-6-22(2,31)7-5-14/h2*8-12,14,31H,4-7H2,1-3H3,(H,25,26,27). The number of rotatable bonds is 6. The van der Waals surface area contributed by atoms with Crippen LogP contribution in [0.25, 0.3) is 44.4 Å². The molecule has 2 fully saturated rings. The summed E-state index contributed by atoms with van der Waals surface area (Å²) in [5, 5.41) is 27.1. The van der Waals surface area contributed by atoms with Crippen LogP contribution in [0.2, 0.25) is 0 Å². The minimum Gasteiger partial charge on any atom is -0.390 e. The molecule has 10 rings (SSSR count). The first-order valence-electron chi connectivity index (χ1n) is 20.9. The maximum atomic E-state index is 13.0. The minimum absolute atomic E-state index is 0.0110. The van der Waals surface area contributed by atoms with Gasteiger partial charge in [-0.3, -0.25) is 38.2 Å². The van der Waals surface area contributed by atoms with Gasteiger partial charge in [-0.15, -0.1) is 0 Å². The van der Waals surface area contributed by atoms with E-state index in [2.05, 4.69) is 40.5 Å². The minimum atomic E-state index is -0.664. The van der Waals surface area contributed by atoms with Crippen LogP contribution in [0, 0.1) is 13.8 Å². The van der Waals surface area contributed by atoms with Crippen molar-refractivity contribution < 1.29 is 10.2 Å². The van der Waals surface area contributed by atoms with Crippen molar-refractivity contribution >= 4 is 67.7 Å². The van der Waals surface area contributed by atoms with Crippen LogP contribution in [0.15, 0.2) is 71.0 Å². The molecule has 8 aromatic rings. The summed E-state index contributed by atoms with van der Waals surface area (Å²) in [7, 11) is 3.48. The molecule has 2 aliphatic carbocycles. The summed E-state index contributed by atoms with van der Waals surface area (Å²) >= 11 is 0. The number of benzene rings is 2. The van der Waals surface area contributed by atoms with Gasteiger partial charge >= 0.3 is 11.4 Å². The summed E-state index contributed by atoms with van der Waals surface area (Å²) < 4.78 is 6.69. The molecule has 0 unspecified atom stereocenters. The highest BCUT2D eigenvalue weighted by molar-refractivity contribution is 5.83. The van der Waals surface area contributed by atoms with E-state index in [0.29, 0.717) is 59.9 Å². The van der Waals surface area contributed by atoms with Crippen LogP contribution < -0.4 is 22.0 Å². The van der Waals surface area contributed by atoms with Crippen LogP contribution >= 0.6 is 0 Å². The van der Waals surface area contributed by atoms with E-state index in [1.54, 1.807) is 69.5 Å². The first kappa shape index (κ1) is 40.7. The molecule has 0 amide bonds. The average molecular weight is 839 g/mol. The van der Waals surface area contributed by atoms with Crippen molar-refractivity contribution in [3.05, 3.63) is 93.5 Å². The van der Waals surface area contributed by atoms with Crippen LogP contribution in [0.3, 0.4) is 0 Å². The first-order valence-corrected chi connectivity index (χ1v) is 20.9. The second-order valence-corrected chi connectivity index (χ2v) is 17.4. The lowest BCUT2D eigenvalue weighted by Gasteiger charge is -2.33. The molecular weight excluding hydrogens is 789 g/mol.